The third kappa shape index (κ3) is 3.38. The van der Waals surface area contributed by atoms with E-state index in [4.69, 9.17) is 4.42 Å². The number of hydrogen-bond donors (Lipinski definition) is 2. The fourth-order valence-electron chi connectivity index (χ4n) is 3.57. The van der Waals surface area contributed by atoms with Crippen LogP contribution in [0.5, 0.6) is 0 Å². The number of para-hydroxylation sites is 2. The lowest BCUT2D eigenvalue weighted by Gasteiger charge is -2.12. The largest absolute Gasteiger partial charge is 0.449 e. The molecule has 29 heavy (non-hydrogen) atoms. The summed E-state index contributed by atoms with van der Waals surface area (Å²) in [4.78, 5) is 19.9. The Bertz CT molecular complexity index is 1350. The van der Waals surface area contributed by atoms with Crippen LogP contribution in [0.4, 0.5) is 5.69 Å². The molecule has 0 amide bonds. The fraction of sp³-hybridized carbons (Fsp3) is 0.0833. The molecule has 0 saturated heterocycles. The standard InChI is InChI=1S/C24H19N3O2/c28-24-23-22(18-11-5-7-13-20(18)29-23)26-21(27-24)15-25-19-12-6-4-10-17(19)14-16-8-2-1-3-9-16/h1-13,25H,14-15H2,(H,26,27,28). The molecular formula is C24H19N3O2. The summed E-state index contributed by atoms with van der Waals surface area (Å²) in [6.45, 7) is 0.413. The van der Waals surface area contributed by atoms with Crippen LogP contribution in [-0.4, -0.2) is 9.97 Å². The topological polar surface area (TPSA) is 70.9 Å². The van der Waals surface area contributed by atoms with Crippen LogP contribution in [0.3, 0.4) is 0 Å². The van der Waals surface area contributed by atoms with Crippen LogP contribution in [0.15, 0.2) is 88.1 Å². The van der Waals surface area contributed by atoms with E-state index < -0.39 is 0 Å². The van der Waals surface area contributed by atoms with Gasteiger partial charge in [0.05, 0.1) is 6.54 Å². The molecule has 2 N–H and O–H groups in total. The average molecular weight is 381 g/mol. The summed E-state index contributed by atoms with van der Waals surface area (Å²) < 4.78 is 5.66. The van der Waals surface area contributed by atoms with Gasteiger partial charge in [0, 0.05) is 11.1 Å². The van der Waals surface area contributed by atoms with Gasteiger partial charge in [0.1, 0.15) is 16.9 Å². The molecule has 0 bridgehead atoms. The Morgan fingerprint density at radius 2 is 1.66 bits per heavy atom. The molecule has 0 aliphatic carbocycles. The average Bonchev–Trinajstić information content (AvgIpc) is 3.13. The summed E-state index contributed by atoms with van der Waals surface area (Å²) in [5, 5.41) is 4.27. The van der Waals surface area contributed by atoms with Crippen LogP contribution in [0.1, 0.15) is 17.0 Å². The molecule has 2 heterocycles. The number of nitrogens with zero attached hydrogens (tertiary/aromatic N) is 1. The Labute approximate surface area is 167 Å². The molecule has 0 aliphatic heterocycles. The molecule has 0 unspecified atom stereocenters. The van der Waals surface area contributed by atoms with E-state index in [0.29, 0.717) is 23.5 Å². The van der Waals surface area contributed by atoms with Gasteiger partial charge in [-0.3, -0.25) is 4.79 Å². The minimum Gasteiger partial charge on any atom is -0.449 e. The molecule has 0 saturated carbocycles. The van der Waals surface area contributed by atoms with Gasteiger partial charge in [-0.15, -0.1) is 0 Å². The molecule has 5 rings (SSSR count). The first kappa shape index (κ1) is 17.3. The minimum absolute atomic E-state index is 0.263. The zero-order chi connectivity index (χ0) is 19.6. The summed E-state index contributed by atoms with van der Waals surface area (Å²) in [5.41, 5.74) is 4.73. The molecule has 142 valence electrons. The normalized spacial score (nSPS) is 11.2. The molecule has 0 spiro atoms. The van der Waals surface area contributed by atoms with Crippen molar-refractivity contribution in [1.29, 1.82) is 0 Å². The van der Waals surface area contributed by atoms with Gasteiger partial charge in [0.2, 0.25) is 5.58 Å². The molecule has 0 fully saturated rings. The third-order valence-corrected chi connectivity index (χ3v) is 4.98. The monoisotopic (exact) mass is 381 g/mol. The molecule has 2 aromatic heterocycles. The third-order valence-electron chi connectivity index (χ3n) is 4.98. The summed E-state index contributed by atoms with van der Waals surface area (Å²) in [7, 11) is 0. The van der Waals surface area contributed by atoms with E-state index in [1.807, 2.05) is 60.7 Å². The number of furan rings is 1. The van der Waals surface area contributed by atoms with E-state index >= 15 is 0 Å². The highest BCUT2D eigenvalue weighted by Gasteiger charge is 2.13. The Kier molecular flexibility index (Phi) is 4.33. The molecule has 3 aromatic carbocycles. The number of anilines is 1. The smallest absolute Gasteiger partial charge is 0.294 e. The lowest BCUT2D eigenvalue weighted by molar-refractivity contribution is 0.659. The highest BCUT2D eigenvalue weighted by atomic mass is 16.3. The van der Waals surface area contributed by atoms with Crippen molar-refractivity contribution in [2.24, 2.45) is 0 Å². The summed E-state index contributed by atoms with van der Waals surface area (Å²) in [5.74, 6) is 0.573. The first-order valence-electron chi connectivity index (χ1n) is 9.54. The number of hydrogen-bond acceptors (Lipinski definition) is 4. The number of aromatic amines is 1. The van der Waals surface area contributed by atoms with Crippen molar-refractivity contribution >= 4 is 27.8 Å². The molecular weight excluding hydrogens is 362 g/mol. The quantitative estimate of drug-likeness (QED) is 0.455. The Hall–Kier alpha value is -3.86. The van der Waals surface area contributed by atoms with Gasteiger partial charge in [-0.2, -0.15) is 0 Å². The number of rotatable bonds is 5. The predicted molar refractivity (Wildman–Crippen MR) is 115 cm³/mol. The lowest BCUT2D eigenvalue weighted by atomic mass is 10.0. The van der Waals surface area contributed by atoms with Crippen LogP contribution in [-0.2, 0) is 13.0 Å². The van der Waals surface area contributed by atoms with Crippen molar-refractivity contribution in [2.75, 3.05) is 5.32 Å². The predicted octanol–water partition coefficient (Wildman–Crippen LogP) is 4.87. The van der Waals surface area contributed by atoms with Crippen LogP contribution < -0.4 is 10.9 Å². The van der Waals surface area contributed by atoms with E-state index in [0.717, 1.165) is 17.5 Å². The second kappa shape index (κ2) is 7.28. The van der Waals surface area contributed by atoms with Crippen molar-refractivity contribution in [3.63, 3.8) is 0 Å². The number of H-pyrrole nitrogens is 1. The van der Waals surface area contributed by atoms with Crippen molar-refractivity contribution in [2.45, 2.75) is 13.0 Å². The number of aromatic nitrogens is 2. The molecule has 0 radical (unpaired) electrons. The van der Waals surface area contributed by atoms with Crippen molar-refractivity contribution in [3.05, 3.63) is 106 Å². The van der Waals surface area contributed by atoms with Gasteiger partial charge in [-0.1, -0.05) is 60.7 Å². The van der Waals surface area contributed by atoms with E-state index in [2.05, 4.69) is 33.5 Å². The number of nitrogens with one attached hydrogen (secondary N) is 2. The highest BCUT2D eigenvalue weighted by Crippen LogP contribution is 2.25. The van der Waals surface area contributed by atoms with E-state index in [-0.39, 0.29) is 11.1 Å². The van der Waals surface area contributed by atoms with Crippen LogP contribution >= 0.6 is 0 Å². The summed E-state index contributed by atoms with van der Waals surface area (Å²) in [6.07, 6.45) is 0.833. The van der Waals surface area contributed by atoms with Crippen LogP contribution in [0.2, 0.25) is 0 Å². The van der Waals surface area contributed by atoms with Crippen LogP contribution in [0, 0.1) is 0 Å². The zero-order valence-electron chi connectivity index (χ0n) is 15.7. The van der Waals surface area contributed by atoms with Gasteiger partial charge in [-0.25, -0.2) is 4.98 Å². The zero-order valence-corrected chi connectivity index (χ0v) is 15.7. The van der Waals surface area contributed by atoms with Gasteiger partial charge in [0.25, 0.3) is 5.56 Å². The lowest BCUT2D eigenvalue weighted by Crippen LogP contribution is -2.14. The highest BCUT2D eigenvalue weighted by molar-refractivity contribution is 6.01. The first-order chi connectivity index (χ1) is 14.3. The van der Waals surface area contributed by atoms with Crippen molar-refractivity contribution in [3.8, 4) is 0 Å². The van der Waals surface area contributed by atoms with Crippen LogP contribution in [0.25, 0.3) is 22.1 Å². The maximum absolute atomic E-state index is 12.5. The SMILES string of the molecule is O=c1[nH]c(CNc2ccccc2Cc2ccccc2)nc2c1oc1ccccc12. The van der Waals surface area contributed by atoms with Crippen molar-refractivity contribution < 1.29 is 4.42 Å². The maximum atomic E-state index is 12.5. The maximum Gasteiger partial charge on any atom is 0.294 e. The van der Waals surface area contributed by atoms with Gasteiger partial charge in [0.15, 0.2) is 0 Å². The van der Waals surface area contributed by atoms with Crippen molar-refractivity contribution in [1.82, 2.24) is 9.97 Å². The summed E-state index contributed by atoms with van der Waals surface area (Å²) >= 11 is 0. The Morgan fingerprint density at radius 1 is 0.897 bits per heavy atom. The Morgan fingerprint density at radius 3 is 2.55 bits per heavy atom. The molecule has 5 nitrogen and oxygen atoms in total. The minimum atomic E-state index is -0.263. The molecule has 5 heteroatoms. The number of fused-ring (bicyclic) bond motifs is 3. The van der Waals surface area contributed by atoms with Gasteiger partial charge >= 0.3 is 0 Å². The molecule has 0 atom stereocenters. The van der Waals surface area contributed by atoms with Gasteiger partial charge in [-0.05, 0) is 35.7 Å². The summed E-state index contributed by atoms with van der Waals surface area (Å²) in [6, 6.07) is 26.1. The molecule has 0 aliphatic rings. The number of benzene rings is 3. The molecule has 5 aromatic rings. The fourth-order valence-corrected chi connectivity index (χ4v) is 3.57. The second-order valence-corrected chi connectivity index (χ2v) is 6.96. The van der Waals surface area contributed by atoms with E-state index in [1.54, 1.807) is 0 Å². The first-order valence-corrected chi connectivity index (χ1v) is 9.54. The van der Waals surface area contributed by atoms with Gasteiger partial charge < -0.3 is 14.7 Å². The van der Waals surface area contributed by atoms with E-state index in [9.17, 15) is 4.79 Å². The second-order valence-electron chi connectivity index (χ2n) is 6.96. The Balaban J connectivity index is 1.44. The van der Waals surface area contributed by atoms with E-state index in [1.165, 1.54) is 11.1 Å².